The molecule has 0 saturated carbocycles. The lowest BCUT2D eigenvalue weighted by molar-refractivity contribution is -0.0705. The Morgan fingerprint density at radius 2 is 1.95 bits per heavy atom. The summed E-state index contributed by atoms with van der Waals surface area (Å²) in [4.78, 5) is 0. The molecule has 4 heteroatoms. The second kappa shape index (κ2) is 7.12. The number of aliphatic hydroxyl groups is 1. The van der Waals surface area contributed by atoms with Crippen molar-refractivity contribution >= 4 is 0 Å². The van der Waals surface area contributed by atoms with E-state index in [2.05, 4.69) is 6.58 Å². The van der Waals surface area contributed by atoms with Gasteiger partial charge in [-0.2, -0.15) is 0 Å². The molecule has 0 aliphatic carbocycles. The summed E-state index contributed by atoms with van der Waals surface area (Å²) < 4.78 is 16.7. The molecule has 1 heterocycles. The fourth-order valence-corrected chi connectivity index (χ4v) is 2.08. The van der Waals surface area contributed by atoms with Gasteiger partial charge in [0, 0.05) is 0 Å². The lowest BCUT2D eigenvalue weighted by Crippen LogP contribution is -2.41. The molecule has 2 rings (SSSR count). The molecule has 0 saturated heterocycles. The van der Waals surface area contributed by atoms with E-state index >= 15 is 0 Å². The van der Waals surface area contributed by atoms with E-state index in [4.69, 9.17) is 14.2 Å². The number of ether oxygens (including phenoxy) is 3. The van der Waals surface area contributed by atoms with Crippen LogP contribution in [0.2, 0.25) is 0 Å². The van der Waals surface area contributed by atoms with Gasteiger partial charge in [0.05, 0.1) is 19.8 Å². The summed E-state index contributed by atoms with van der Waals surface area (Å²) in [6.07, 6.45) is 5.70. The van der Waals surface area contributed by atoms with Crippen LogP contribution in [-0.4, -0.2) is 37.1 Å². The Balaban J connectivity index is 2.03. The molecule has 0 radical (unpaired) electrons. The monoisotopic (exact) mass is 276 g/mol. The molecule has 1 N–H and O–H groups in total. The highest BCUT2D eigenvalue weighted by atomic mass is 16.6. The molecule has 0 fully saturated rings. The molecule has 1 aliphatic rings. The molecular weight excluding hydrogens is 256 g/mol. The van der Waals surface area contributed by atoms with Gasteiger partial charge in [-0.1, -0.05) is 12.2 Å². The average molecular weight is 276 g/mol. The van der Waals surface area contributed by atoms with Crippen LogP contribution < -0.4 is 9.47 Å². The third-order valence-corrected chi connectivity index (χ3v) is 3.14. The fourth-order valence-electron chi connectivity index (χ4n) is 2.08. The van der Waals surface area contributed by atoms with Crippen molar-refractivity contribution in [1.29, 1.82) is 0 Å². The van der Waals surface area contributed by atoms with E-state index in [1.165, 1.54) is 0 Å². The maximum Gasteiger partial charge on any atom is 0.145 e. The van der Waals surface area contributed by atoms with Gasteiger partial charge in [0.15, 0.2) is 0 Å². The Hall–Kier alpha value is -1.78. The van der Waals surface area contributed by atoms with E-state index < -0.39 is 0 Å². The van der Waals surface area contributed by atoms with E-state index in [-0.39, 0.29) is 24.9 Å². The zero-order valence-corrected chi connectivity index (χ0v) is 11.6. The minimum Gasteiger partial charge on any atom is -0.497 e. The van der Waals surface area contributed by atoms with Crippen LogP contribution in [-0.2, 0) is 4.74 Å². The Labute approximate surface area is 119 Å². The van der Waals surface area contributed by atoms with Crippen LogP contribution in [0, 0.1) is 0 Å². The molecule has 4 nitrogen and oxygen atoms in total. The van der Waals surface area contributed by atoms with Crippen LogP contribution in [0.1, 0.15) is 6.42 Å². The van der Waals surface area contributed by atoms with Crippen LogP contribution in [0.3, 0.4) is 0 Å². The van der Waals surface area contributed by atoms with Gasteiger partial charge >= 0.3 is 0 Å². The maximum absolute atomic E-state index is 9.42. The largest absolute Gasteiger partial charge is 0.497 e. The lowest BCUT2D eigenvalue weighted by Gasteiger charge is -2.31. The standard InChI is InChI=1S/C16H20O4/c1-3-4-13-9-10-15(16(11-17)20-13)19-14-7-5-12(18-2)6-8-14/h3,5-10,13,15-17H,1,4,11H2,2H3/t13-,15-,16+/m1/s1. The smallest absolute Gasteiger partial charge is 0.145 e. The Bertz CT molecular complexity index is 452. The summed E-state index contributed by atoms with van der Waals surface area (Å²) in [7, 11) is 1.62. The highest BCUT2D eigenvalue weighted by molar-refractivity contribution is 5.31. The summed E-state index contributed by atoms with van der Waals surface area (Å²) in [5.41, 5.74) is 0. The second-order valence-corrected chi connectivity index (χ2v) is 4.56. The van der Waals surface area contributed by atoms with Gasteiger partial charge in [-0.15, -0.1) is 6.58 Å². The predicted molar refractivity (Wildman–Crippen MR) is 77.1 cm³/mol. The Morgan fingerprint density at radius 1 is 1.25 bits per heavy atom. The minimum atomic E-state index is -0.368. The predicted octanol–water partition coefficient (Wildman–Crippen LogP) is 2.33. The zero-order valence-electron chi connectivity index (χ0n) is 11.6. The van der Waals surface area contributed by atoms with Gasteiger partial charge in [-0.25, -0.2) is 0 Å². The van der Waals surface area contributed by atoms with Gasteiger partial charge in [-0.3, -0.25) is 0 Å². The van der Waals surface area contributed by atoms with Crippen LogP contribution in [0.15, 0.2) is 49.1 Å². The number of hydrogen-bond donors (Lipinski definition) is 1. The van der Waals surface area contributed by atoms with Crippen LogP contribution >= 0.6 is 0 Å². The van der Waals surface area contributed by atoms with Crippen molar-refractivity contribution < 1.29 is 19.3 Å². The average Bonchev–Trinajstić information content (AvgIpc) is 2.50. The molecule has 1 aromatic rings. The van der Waals surface area contributed by atoms with Crippen LogP contribution in [0.25, 0.3) is 0 Å². The molecule has 1 aromatic carbocycles. The van der Waals surface area contributed by atoms with Crippen molar-refractivity contribution in [3.63, 3.8) is 0 Å². The molecule has 0 unspecified atom stereocenters. The van der Waals surface area contributed by atoms with Crippen molar-refractivity contribution in [3.05, 3.63) is 49.1 Å². The topological polar surface area (TPSA) is 47.9 Å². The molecule has 0 bridgehead atoms. The number of benzene rings is 1. The minimum absolute atomic E-state index is 0.0413. The quantitative estimate of drug-likeness (QED) is 0.810. The van der Waals surface area contributed by atoms with Crippen molar-refractivity contribution in [1.82, 2.24) is 0 Å². The highest BCUT2D eigenvalue weighted by Gasteiger charge is 2.27. The van der Waals surface area contributed by atoms with Crippen molar-refractivity contribution in [2.45, 2.75) is 24.7 Å². The number of aliphatic hydroxyl groups excluding tert-OH is 1. The SMILES string of the molecule is C=CC[C@@H]1C=C[C@@H](Oc2ccc(OC)cc2)[C@H](CO)O1. The van der Waals surface area contributed by atoms with E-state index in [9.17, 15) is 5.11 Å². The Morgan fingerprint density at radius 3 is 2.55 bits per heavy atom. The molecule has 3 atom stereocenters. The van der Waals surface area contributed by atoms with Crippen molar-refractivity contribution in [2.75, 3.05) is 13.7 Å². The first-order valence-corrected chi connectivity index (χ1v) is 6.63. The fraction of sp³-hybridized carbons (Fsp3) is 0.375. The molecule has 1 aliphatic heterocycles. The maximum atomic E-state index is 9.42. The summed E-state index contributed by atoms with van der Waals surface area (Å²) in [5, 5.41) is 9.42. The zero-order chi connectivity index (χ0) is 14.4. The molecule has 0 aromatic heterocycles. The number of rotatable bonds is 6. The first kappa shape index (κ1) is 14.6. The van der Waals surface area contributed by atoms with Crippen molar-refractivity contribution in [2.24, 2.45) is 0 Å². The molecule has 20 heavy (non-hydrogen) atoms. The molecule has 108 valence electrons. The van der Waals surface area contributed by atoms with Crippen LogP contribution in [0.4, 0.5) is 0 Å². The molecule has 0 spiro atoms. The lowest BCUT2D eigenvalue weighted by atomic mass is 10.1. The normalized spacial score (nSPS) is 25.2. The third kappa shape index (κ3) is 3.62. The van der Waals surface area contributed by atoms with Gasteiger partial charge < -0.3 is 19.3 Å². The molecular formula is C16H20O4. The van der Waals surface area contributed by atoms with Crippen molar-refractivity contribution in [3.8, 4) is 11.5 Å². The first-order chi connectivity index (χ1) is 9.76. The van der Waals surface area contributed by atoms with Gasteiger partial charge in [0.25, 0.3) is 0 Å². The third-order valence-electron chi connectivity index (χ3n) is 3.14. The van der Waals surface area contributed by atoms with Gasteiger partial charge in [-0.05, 0) is 36.8 Å². The summed E-state index contributed by atoms with van der Waals surface area (Å²) >= 11 is 0. The van der Waals surface area contributed by atoms with E-state index in [0.717, 1.165) is 12.2 Å². The second-order valence-electron chi connectivity index (χ2n) is 4.56. The summed E-state index contributed by atoms with van der Waals surface area (Å²) in [5.74, 6) is 1.49. The number of methoxy groups -OCH3 is 1. The van der Waals surface area contributed by atoms with E-state index in [1.807, 2.05) is 36.4 Å². The van der Waals surface area contributed by atoms with E-state index in [0.29, 0.717) is 5.75 Å². The van der Waals surface area contributed by atoms with Gasteiger partial charge in [0.1, 0.15) is 23.7 Å². The molecule has 0 amide bonds. The van der Waals surface area contributed by atoms with Gasteiger partial charge in [0.2, 0.25) is 0 Å². The van der Waals surface area contributed by atoms with E-state index in [1.54, 1.807) is 13.2 Å². The highest BCUT2D eigenvalue weighted by Crippen LogP contribution is 2.23. The summed E-state index contributed by atoms with van der Waals surface area (Å²) in [6, 6.07) is 7.32. The summed E-state index contributed by atoms with van der Waals surface area (Å²) in [6.45, 7) is 3.60. The Kier molecular flexibility index (Phi) is 5.21. The number of hydrogen-bond acceptors (Lipinski definition) is 4. The first-order valence-electron chi connectivity index (χ1n) is 6.63. The van der Waals surface area contributed by atoms with Crippen LogP contribution in [0.5, 0.6) is 11.5 Å².